The summed E-state index contributed by atoms with van der Waals surface area (Å²) in [6.07, 6.45) is 1.86. The lowest BCUT2D eigenvalue weighted by Crippen LogP contribution is -2.60. The number of amides is 4. The van der Waals surface area contributed by atoms with Gasteiger partial charge in [-0.05, 0) is 53.4 Å². The van der Waals surface area contributed by atoms with Gasteiger partial charge in [-0.25, -0.2) is 0 Å². The Labute approximate surface area is 270 Å². The number of halogens is 3. The van der Waals surface area contributed by atoms with Crippen molar-refractivity contribution in [2.24, 2.45) is 17.8 Å². The van der Waals surface area contributed by atoms with Gasteiger partial charge < -0.3 is 15.2 Å². The summed E-state index contributed by atoms with van der Waals surface area (Å²) in [5.74, 6) is -5.67. The molecular weight excluding hydrogens is 674 g/mol. The summed E-state index contributed by atoms with van der Waals surface area (Å²) in [5.41, 5.74) is 1.37. The molecule has 3 fully saturated rings. The van der Waals surface area contributed by atoms with Gasteiger partial charge in [-0.15, -0.1) is 23.2 Å². The molecular formula is C31H24BBrCl2N2O7. The van der Waals surface area contributed by atoms with E-state index in [0.29, 0.717) is 21.9 Å². The number of hydrogen-bond acceptors (Lipinski definition) is 7. The van der Waals surface area contributed by atoms with Crippen LogP contribution in [0.3, 0.4) is 0 Å². The molecule has 44 heavy (non-hydrogen) atoms. The summed E-state index contributed by atoms with van der Waals surface area (Å²) in [6.45, 7) is 0. The van der Waals surface area contributed by atoms with Gasteiger partial charge in [0.05, 0.1) is 23.0 Å². The Kier molecular flexibility index (Phi) is 6.80. The van der Waals surface area contributed by atoms with Crippen LogP contribution in [0.4, 0.5) is 5.69 Å². The lowest BCUT2D eigenvalue weighted by atomic mass is 9.56. The Morgan fingerprint density at radius 3 is 2.34 bits per heavy atom. The van der Waals surface area contributed by atoms with Gasteiger partial charge in [-0.1, -0.05) is 70.0 Å². The van der Waals surface area contributed by atoms with Crippen molar-refractivity contribution < 1.29 is 34.3 Å². The van der Waals surface area contributed by atoms with Gasteiger partial charge in [0.15, 0.2) is 9.75 Å². The molecule has 1 saturated carbocycles. The molecule has 0 aromatic heterocycles. The zero-order valence-corrected chi connectivity index (χ0v) is 26.0. The fourth-order valence-corrected chi connectivity index (χ4v) is 9.15. The number of imide groups is 2. The van der Waals surface area contributed by atoms with E-state index in [9.17, 15) is 34.3 Å². The first kappa shape index (κ1) is 29.5. The van der Waals surface area contributed by atoms with E-state index in [1.807, 2.05) is 6.08 Å². The Bertz CT molecular complexity index is 1840. The number of benzene rings is 3. The third kappa shape index (κ3) is 3.73. The van der Waals surface area contributed by atoms with Crippen LogP contribution in [0.25, 0.3) is 10.8 Å². The fourth-order valence-electron chi connectivity index (χ4n) is 7.74. The summed E-state index contributed by atoms with van der Waals surface area (Å²) >= 11 is 17.9. The van der Waals surface area contributed by atoms with Crippen LogP contribution in [-0.4, -0.2) is 66.0 Å². The number of allylic oxidation sites excluding steroid dienone is 2. The highest BCUT2D eigenvalue weighted by molar-refractivity contribution is 9.09. The van der Waals surface area contributed by atoms with Gasteiger partial charge in [0.2, 0.25) is 11.8 Å². The summed E-state index contributed by atoms with van der Waals surface area (Å²) in [7, 11) is -1.80. The lowest BCUT2D eigenvalue weighted by molar-refractivity contribution is -0.138. The maximum absolute atomic E-state index is 14.2. The molecule has 2 aliphatic heterocycles. The summed E-state index contributed by atoms with van der Waals surface area (Å²) < 4.78 is 0. The zero-order valence-electron chi connectivity index (χ0n) is 22.9. The van der Waals surface area contributed by atoms with Crippen molar-refractivity contribution in [2.45, 2.75) is 28.5 Å². The molecule has 224 valence electrons. The second kappa shape index (κ2) is 10.2. The molecule has 4 aliphatic rings. The van der Waals surface area contributed by atoms with Gasteiger partial charge in [-0.3, -0.25) is 29.0 Å². The van der Waals surface area contributed by atoms with Gasteiger partial charge >= 0.3 is 7.12 Å². The molecule has 9 nitrogen and oxygen atoms in total. The topological polar surface area (TPSA) is 135 Å². The highest BCUT2D eigenvalue weighted by Gasteiger charge is 2.76. The highest BCUT2D eigenvalue weighted by atomic mass is 79.9. The minimum atomic E-state index is -1.97. The molecule has 6 unspecified atom stereocenters. The summed E-state index contributed by atoms with van der Waals surface area (Å²) in [6, 6.07) is 16.1. The molecule has 6 atom stereocenters. The minimum absolute atomic E-state index is 0.0218. The largest absolute Gasteiger partial charge is 0.507 e. The summed E-state index contributed by atoms with van der Waals surface area (Å²) in [4.78, 5) is 54.0. The summed E-state index contributed by atoms with van der Waals surface area (Å²) in [5, 5.41) is 31.2. The molecule has 0 radical (unpaired) electrons. The average Bonchev–Trinajstić information content (AvgIpc) is 3.35. The quantitative estimate of drug-likeness (QED) is 0.125. The number of likely N-dealkylation sites (tertiary alicyclic amines) is 1. The van der Waals surface area contributed by atoms with E-state index in [-0.39, 0.29) is 35.2 Å². The average molecular weight is 698 g/mol. The monoisotopic (exact) mass is 696 g/mol. The van der Waals surface area contributed by atoms with E-state index >= 15 is 0 Å². The number of nitrogens with zero attached hydrogens (tertiary/aromatic N) is 2. The second-order valence-electron chi connectivity index (χ2n) is 11.7. The number of carbonyl (C=O) groups is 4. The number of anilines is 1. The Balaban J connectivity index is 1.42. The maximum Gasteiger partial charge on any atom is 0.488 e. The third-order valence-electron chi connectivity index (χ3n) is 9.69. The van der Waals surface area contributed by atoms with Crippen LogP contribution < -0.4 is 10.4 Å². The third-order valence-corrected chi connectivity index (χ3v) is 11.6. The molecule has 3 aromatic carbocycles. The van der Waals surface area contributed by atoms with Gasteiger partial charge in [0.25, 0.3) is 11.8 Å². The Hall–Kier alpha value is -3.22. The van der Waals surface area contributed by atoms with Crippen LogP contribution in [0.1, 0.15) is 24.3 Å². The number of carbonyl (C=O) groups excluding carboxylic acids is 4. The SMILES string of the molecule is O=C1C2CC=C3C(CC4(Cl)C(=O)N(CBr)C(=O)C4(Cl)C3c3ccc(O)c4ccccc34)C2C(=O)N1c1cccc(B(O)O)c1. The van der Waals surface area contributed by atoms with E-state index in [1.165, 1.54) is 24.3 Å². The van der Waals surface area contributed by atoms with Crippen molar-refractivity contribution in [2.75, 3.05) is 10.4 Å². The van der Waals surface area contributed by atoms with Gasteiger partial charge in [0, 0.05) is 11.3 Å². The van der Waals surface area contributed by atoms with Crippen molar-refractivity contribution in [3.63, 3.8) is 0 Å². The van der Waals surface area contributed by atoms with Gasteiger partial charge in [-0.2, -0.15) is 0 Å². The second-order valence-corrected chi connectivity index (χ2v) is 13.4. The lowest BCUT2D eigenvalue weighted by Gasteiger charge is -2.51. The van der Waals surface area contributed by atoms with Crippen LogP contribution in [0.5, 0.6) is 5.75 Å². The number of hydrogen-bond donors (Lipinski definition) is 3. The standard InChI is InChI=1S/C31H24BBrCl2N2O7/c33-14-36-28(41)30(34)13-22-20(25(31(30,35)29(36)42)19-10-11-23(38)18-7-2-1-6-17(18)19)8-9-21-24(22)27(40)37(26(21)39)16-5-3-4-15(12-16)32(43)44/h1-8,10-12,21-22,24-25,38,43-44H,9,13-14H2. The van der Waals surface area contributed by atoms with E-state index in [4.69, 9.17) is 23.2 Å². The first-order valence-electron chi connectivity index (χ1n) is 14.0. The van der Waals surface area contributed by atoms with Crippen molar-refractivity contribution in [1.82, 2.24) is 4.90 Å². The number of alkyl halides is 3. The molecule has 2 aliphatic carbocycles. The number of fused-ring (bicyclic) bond motifs is 5. The minimum Gasteiger partial charge on any atom is -0.507 e. The van der Waals surface area contributed by atoms with E-state index < -0.39 is 64.2 Å². The van der Waals surface area contributed by atoms with Crippen LogP contribution in [0, 0.1) is 17.8 Å². The van der Waals surface area contributed by atoms with Crippen LogP contribution in [-0.2, 0) is 19.2 Å². The van der Waals surface area contributed by atoms with E-state index in [2.05, 4.69) is 15.9 Å². The van der Waals surface area contributed by atoms with Crippen LogP contribution in [0.2, 0.25) is 0 Å². The smallest absolute Gasteiger partial charge is 0.488 e. The number of phenols is 1. The molecule has 0 spiro atoms. The fraction of sp³-hybridized carbons (Fsp3) is 0.290. The van der Waals surface area contributed by atoms with Crippen molar-refractivity contribution in [3.8, 4) is 5.75 Å². The highest BCUT2D eigenvalue weighted by Crippen LogP contribution is 2.66. The van der Waals surface area contributed by atoms with Crippen LogP contribution in [0.15, 0.2) is 72.3 Å². The first-order valence-corrected chi connectivity index (χ1v) is 15.9. The molecule has 2 heterocycles. The molecule has 2 saturated heterocycles. The molecule has 3 aromatic rings. The predicted molar refractivity (Wildman–Crippen MR) is 168 cm³/mol. The van der Waals surface area contributed by atoms with E-state index in [1.54, 1.807) is 36.4 Å². The zero-order chi connectivity index (χ0) is 31.3. The maximum atomic E-state index is 14.2. The molecule has 3 N–H and O–H groups in total. The molecule has 4 amide bonds. The first-order chi connectivity index (χ1) is 21.0. The number of rotatable bonds is 4. The molecule has 0 bridgehead atoms. The van der Waals surface area contributed by atoms with Gasteiger partial charge in [0.1, 0.15) is 5.75 Å². The molecule has 7 rings (SSSR count). The molecule has 13 heteroatoms. The Morgan fingerprint density at radius 1 is 0.909 bits per heavy atom. The van der Waals surface area contributed by atoms with Crippen molar-refractivity contribution in [1.29, 1.82) is 0 Å². The van der Waals surface area contributed by atoms with E-state index in [0.717, 1.165) is 9.80 Å². The Morgan fingerprint density at radius 2 is 1.64 bits per heavy atom. The normalized spacial score (nSPS) is 31.2. The number of aromatic hydroxyl groups is 1. The van der Waals surface area contributed by atoms with Crippen molar-refractivity contribution >= 4 is 91.8 Å². The predicted octanol–water partition coefficient (Wildman–Crippen LogP) is 3.14. The van der Waals surface area contributed by atoms with Crippen molar-refractivity contribution in [3.05, 3.63) is 77.9 Å². The number of phenolic OH excluding ortho intramolecular Hbond substituents is 1. The van der Waals surface area contributed by atoms with Crippen LogP contribution >= 0.6 is 39.1 Å².